The lowest BCUT2D eigenvalue weighted by molar-refractivity contribution is -0.674. The molecular weight excluding hydrogens is 260 g/mol. The second-order valence-corrected chi connectivity index (χ2v) is 4.46. The van der Waals surface area contributed by atoms with E-state index in [0.29, 0.717) is 6.54 Å². The molecule has 0 bridgehead atoms. The van der Waals surface area contributed by atoms with Crippen LogP contribution in [0.4, 0.5) is 5.69 Å². The number of amides is 1. The first-order valence-electron chi connectivity index (χ1n) is 6.18. The van der Waals surface area contributed by atoms with Gasteiger partial charge >= 0.3 is 0 Å². The molecule has 0 fully saturated rings. The van der Waals surface area contributed by atoms with Crippen LogP contribution >= 0.6 is 0 Å². The van der Waals surface area contributed by atoms with Crippen LogP contribution in [0.2, 0.25) is 0 Å². The van der Waals surface area contributed by atoms with Crippen molar-refractivity contribution in [1.82, 2.24) is 0 Å². The van der Waals surface area contributed by atoms with Crippen LogP contribution in [0.3, 0.4) is 0 Å². The summed E-state index contributed by atoms with van der Waals surface area (Å²) in [7, 11) is 0. The molecule has 0 unspecified atom stereocenters. The van der Waals surface area contributed by atoms with Gasteiger partial charge in [-0.1, -0.05) is 12.6 Å². The SMILES string of the molecule is C=CC[NH2+][C@H](CC(=O)Nc1cc(C)ccc1O)C(=O)[O-]. The number of carbonyl (C=O) groups is 2. The molecular formula is C14H18N2O4. The second kappa shape index (κ2) is 7.30. The second-order valence-electron chi connectivity index (χ2n) is 4.46. The predicted octanol–water partition coefficient (Wildman–Crippen LogP) is -1.10. The van der Waals surface area contributed by atoms with Crippen LogP contribution in [0.1, 0.15) is 12.0 Å². The van der Waals surface area contributed by atoms with Gasteiger partial charge in [0.25, 0.3) is 0 Å². The van der Waals surface area contributed by atoms with Crippen LogP contribution in [0.5, 0.6) is 5.75 Å². The molecule has 0 aliphatic rings. The van der Waals surface area contributed by atoms with E-state index in [-0.39, 0.29) is 17.9 Å². The van der Waals surface area contributed by atoms with Gasteiger partial charge in [0, 0.05) is 0 Å². The van der Waals surface area contributed by atoms with E-state index in [1.807, 2.05) is 6.92 Å². The van der Waals surface area contributed by atoms with Crippen molar-refractivity contribution in [2.45, 2.75) is 19.4 Å². The fourth-order valence-corrected chi connectivity index (χ4v) is 1.67. The highest BCUT2D eigenvalue weighted by molar-refractivity contribution is 5.94. The maximum absolute atomic E-state index is 11.8. The average Bonchev–Trinajstić information content (AvgIpc) is 2.38. The lowest BCUT2D eigenvalue weighted by Crippen LogP contribution is -2.93. The maximum Gasteiger partial charge on any atom is 0.230 e. The van der Waals surface area contributed by atoms with Gasteiger partial charge in [0.05, 0.1) is 24.6 Å². The third-order valence-electron chi connectivity index (χ3n) is 2.72. The molecule has 6 heteroatoms. The molecule has 0 spiro atoms. The Kier molecular flexibility index (Phi) is 5.74. The Morgan fingerprint density at radius 3 is 2.85 bits per heavy atom. The van der Waals surface area contributed by atoms with Gasteiger partial charge in [0.1, 0.15) is 11.8 Å². The smallest absolute Gasteiger partial charge is 0.230 e. The molecule has 0 radical (unpaired) electrons. The van der Waals surface area contributed by atoms with Crippen LogP contribution in [0, 0.1) is 6.92 Å². The molecule has 1 rings (SSSR count). The molecule has 0 heterocycles. The fourth-order valence-electron chi connectivity index (χ4n) is 1.67. The zero-order chi connectivity index (χ0) is 15.1. The molecule has 108 valence electrons. The summed E-state index contributed by atoms with van der Waals surface area (Å²) in [6.07, 6.45) is 1.30. The summed E-state index contributed by atoms with van der Waals surface area (Å²) < 4.78 is 0. The first-order chi connectivity index (χ1) is 9.43. The van der Waals surface area contributed by atoms with Gasteiger partial charge in [-0.15, -0.1) is 0 Å². The minimum Gasteiger partial charge on any atom is -0.544 e. The number of rotatable bonds is 7. The standard InChI is InChI=1S/C14H18N2O4/c1-3-6-15-11(14(19)20)8-13(18)16-10-7-9(2)4-5-12(10)17/h3-5,7,11,15,17H,1,6,8H2,2H3,(H,16,18)(H,19,20)/t11-/m1/s1. The topological polar surface area (TPSA) is 106 Å². The number of anilines is 1. The van der Waals surface area contributed by atoms with E-state index in [9.17, 15) is 19.8 Å². The Bertz CT molecular complexity index is 514. The van der Waals surface area contributed by atoms with E-state index < -0.39 is 17.9 Å². The number of carboxylic acids is 1. The van der Waals surface area contributed by atoms with Crippen molar-refractivity contribution in [2.75, 3.05) is 11.9 Å². The predicted molar refractivity (Wildman–Crippen MR) is 71.9 cm³/mol. The van der Waals surface area contributed by atoms with E-state index in [1.165, 1.54) is 11.4 Å². The molecule has 1 amide bonds. The van der Waals surface area contributed by atoms with Crippen molar-refractivity contribution in [3.05, 3.63) is 36.4 Å². The van der Waals surface area contributed by atoms with Crippen molar-refractivity contribution in [3.63, 3.8) is 0 Å². The number of nitrogens with one attached hydrogen (secondary N) is 1. The van der Waals surface area contributed by atoms with Gasteiger partial charge in [-0.2, -0.15) is 0 Å². The quantitative estimate of drug-likeness (QED) is 0.434. The van der Waals surface area contributed by atoms with Crippen LogP contribution < -0.4 is 15.7 Å². The van der Waals surface area contributed by atoms with Crippen LogP contribution in [-0.4, -0.2) is 29.6 Å². The van der Waals surface area contributed by atoms with Gasteiger partial charge in [-0.05, 0) is 30.7 Å². The summed E-state index contributed by atoms with van der Waals surface area (Å²) in [4.78, 5) is 22.7. The number of phenols is 1. The summed E-state index contributed by atoms with van der Waals surface area (Å²) in [5.41, 5.74) is 1.13. The molecule has 0 aliphatic carbocycles. The van der Waals surface area contributed by atoms with Crippen molar-refractivity contribution in [2.24, 2.45) is 0 Å². The maximum atomic E-state index is 11.8. The van der Waals surface area contributed by atoms with E-state index in [1.54, 1.807) is 18.2 Å². The fraction of sp³-hybridized carbons (Fsp3) is 0.286. The molecule has 0 aromatic heterocycles. The van der Waals surface area contributed by atoms with Crippen LogP contribution in [-0.2, 0) is 9.59 Å². The van der Waals surface area contributed by atoms with Gasteiger partial charge in [0.2, 0.25) is 5.91 Å². The molecule has 0 saturated heterocycles. The Hall–Kier alpha value is -2.34. The van der Waals surface area contributed by atoms with Crippen molar-refractivity contribution >= 4 is 17.6 Å². The number of phenolic OH excluding ortho intramolecular Hbond substituents is 1. The highest BCUT2D eigenvalue weighted by atomic mass is 16.4. The number of carboxylic acid groups (broad SMARTS) is 1. The molecule has 0 aliphatic heterocycles. The third-order valence-corrected chi connectivity index (χ3v) is 2.72. The number of hydrogen-bond acceptors (Lipinski definition) is 4. The normalized spacial score (nSPS) is 11.7. The van der Waals surface area contributed by atoms with Gasteiger partial charge < -0.3 is 25.6 Å². The van der Waals surface area contributed by atoms with E-state index in [0.717, 1.165) is 5.56 Å². The lowest BCUT2D eigenvalue weighted by Gasteiger charge is -2.15. The zero-order valence-corrected chi connectivity index (χ0v) is 11.3. The average molecular weight is 278 g/mol. The first-order valence-corrected chi connectivity index (χ1v) is 6.18. The summed E-state index contributed by atoms with van der Waals surface area (Å²) in [5.74, 6) is -1.88. The van der Waals surface area contributed by atoms with Crippen molar-refractivity contribution in [1.29, 1.82) is 0 Å². The summed E-state index contributed by atoms with van der Waals surface area (Å²) in [6.45, 7) is 5.67. The van der Waals surface area contributed by atoms with E-state index in [2.05, 4.69) is 11.9 Å². The van der Waals surface area contributed by atoms with Crippen molar-refractivity contribution < 1.29 is 25.1 Å². The Morgan fingerprint density at radius 1 is 1.55 bits per heavy atom. The van der Waals surface area contributed by atoms with Gasteiger partial charge in [-0.25, -0.2) is 0 Å². The van der Waals surface area contributed by atoms with Gasteiger partial charge in [0.15, 0.2) is 0 Å². The number of aromatic hydroxyl groups is 1. The minimum atomic E-state index is -1.31. The number of carbonyl (C=O) groups excluding carboxylic acids is 2. The highest BCUT2D eigenvalue weighted by Crippen LogP contribution is 2.23. The number of benzene rings is 1. The summed E-state index contributed by atoms with van der Waals surface area (Å²) in [6, 6.07) is 3.78. The first kappa shape index (κ1) is 15.7. The highest BCUT2D eigenvalue weighted by Gasteiger charge is 2.18. The molecule has 1 aromatic rings. The number of hydrogen-bond donors (Lipinski definition) is 3. The van der Waals surface area contributed by atoms with Crippen molar-refractivity contribution in [3.8, 4) is 5.75 Å². The number of nitrogens with two attached hydrogens (primary N) is 1. The Morgan fingerprint density at radius 2 is 2.25 bits per heavy atom. The Labute approximate surface area is 117 Å². The zero-order valence-electron chi connectivity index (χ0n) is 11.3. The number of aliphatic carboxylic acids is 1. The minimum absolute atomic E-state index is 0.0657. The van der Waals surface area contributed by atoms with Gasteiger partial charge in [-0.3, -0.25) is 4.79 Å². The van der Waals surface area contributed by atoms with E-state index >= 15 is 0 Å². The number of quaternary nitrogens is 1. The van der Waals surface area contributed by atoms with Crippen LogP contribution in [0.15, 0.2) is 30.9 Å². The molecule has 6 nitrogen and oxygen atoms in total. The monoisotopic (exact) mass is 278 g/mol. The third kappa shape index (κ3) is 4.74. The van der Waals surface area contributed by atoms with E-state index in [4.69, 9.17) is 0 Å². The molecule has 1 atom stereocenters. The molecule has 20 heavy (non-hydrogen) atoms. The lowest BCUT2D eigenvalue weighted by atomic mass is 10.1. The molecule has 4 N–H and O–H groups in total. The summed E-state index contributed by atoms with van der Waals surface area (Å²) >= 11 is 0. The Balaban J connectivity index is 2.67. The number of aryl methyl sites for hydroxylation is 1. The largest absolute Gasteiger partial charge is 0.544 e. The summed E-state index contributed by atoms with van der Waals surface area (Å²) in [5, 5.41) is 24.5. The molecule has 0 saturated carbocycles. The molecule has 1 aromatic carbocycles. The van der Waals surface area contributed by atoms with Crippen LogP contribution in [0.25, 0.3) is 0 Å².